The van der Waals surface area contributed by atoms with Crippen LogP contribution in [0.25, 0.3) is 0 Å². The molecule has 0 bridgehead atoms. The van der Waals surface area contributed by atoms with Gasteiger partial charge in [-0.3, -0.25) is 0 Å². The van der Waals surface area contributed by atoms with Gasteiger partial charge in [0.15, 0.2) is 0 Å². The van der Waals surface area contributed by atoms with Crippen molar-refractivity contribution in [2.24, 2.45) is 11.7 Å². The second kappa shape index (κ2) is 6.18. The number of rotatable bonds is 5. The molecule has 0 spiro atoms. The molecule has 0 amide bonds. The fourth-order valence-electron chi connectivity index (χ4n) is 2.15. The van der Waals surface area contributed by atoms with Crippen molar-refractivity contribution >= 4 is 0 Å². The molecule has 1 rings (SSSR count). The summed E-state index contributed by atoms with van der Waals surface area (Å²) in [5.74, 6) is 0.562. The topological polar surface area (TPSA) is 29.3 Å². The van der Waals surface area contributed by atoms with E-state index in [0.29, 0.717) is 5.92 Å². The molecule has 2 nitrogen and oxygen atoms in total. The first-order chi connectivity index (χ1) is 7.95. The maximum atomic E-state index is 5.66. The van der Waals surface area contributed by atoms with Crippen molar-refractivity contribution in [2.75, 3.05) is 20.1 Å². The van der Waals surface area contributed by atoms with Crippen LogP contribution in [0.15, 0.2) is 12.1 Å². The summed E-state index contributed by atoms with van der Waals surface area (Å²) >= 11 is 0. The highest BCUT2D eigenvalue weighted by Gasteiger charge is 2.08. The number of aryl methyl sites for hydroxylation is 1. The van der Waals surface area contributed by atoms with Gasteiger partial charge < -0.3 is 10.6 Å². The second-order valence-electron chi connectivity index (χ2n) is 5.33. The van der Waals surface area contributed by atoms with Crippen LogP contribution in [0.5, 0.6) is 0 Å². The quantitative estimate of drug-likeness (QED) is 0.848. The van der Waals surface area contributed by atoms with E-state index in [1.165, 1.54) is 22.3 Å². The van der Waals surface area contributed by atoms with Crippen LogP contribution in [-0.4, -0.2) is 25.0 Å². The Morgan fingerprint density at radius 1 is 1.18 bits per heavy atom. The molecule has 2 N–H and O–H groups in total. The first-order valence-electron chi connectivity index (χ1n) is 6.40. The first kappa shape index (κ1) is 14.2. The van der Waals surface area contributed by atoms with Crippen LogP contribution in [0.3, 0.4) is 0 Å². The molecule has 1 unspecified atom stereocenters. The van der Waals surface area contributed by atoms with Crippen LogP contribution in [-0.2, 0) is 6.54 Å². The molecule has 1 aromatic rings. The molecule has 0 heterocycles. The molecule has 96 valence electrons. The third kappa shape index (κ3) is 3.83. The van der Waals surface area contributed by atoms with Crippen molar-refractivity contribution in [3.8, 4) is 0 Å². The van der Waals surface area contributed by atoms with Crippen LogP contribution >= 0.6 is 0 Å². The van der Waals surface area contributed by atoms with Crippen LogP contribution in [0, 0.1) is 26.7 Å². The van der Waals surface area contributed by atoms with Gasteiger partial charge >= 0.3 is 0 Å². The summed E-state index contributed by atoms with van der Waals surface area (Å²) in [6.45, 7) is 11.6. The number of hydrogen-bond donors (Lipinski definition) is 1. The normalized spacial score (nSPS) is 13.1. The monoisotopic (exact) mass is 234 g/mol. The van der Waals surface area contributed by atoms with Crippen molar-refractivity contribution < 1.29 is 0 Å². The lowest BCUT2D eigenvalue weighted by molar-refractivity contribution is 0.281. The average Bonchev–Trinajstić information content (AvgIpc) is 2.29. The molecule has 0 aliphatic carbocycles. The minimum Gasteiger partial charge on any atom is -0.330 e. The lowest BCUT2D eigenvalue weighted by Gasteiger charge is -2.22. The Balaban J connectivity index is 2.72. The van der Waals surface area contributed by atoms with Gasteiger partial charge in [-0.15, -0.1) is 0 Å². The lowest BCUT2D eigenvalue weighted by atomic mass is 9.98. The molecule has 1 aromatic carbocycles. The number of hydrogen-bond acceptors (Lipinski definition) is 2. The predicted octanol–water partition coefficient (Wildman–Crippen LogP) is 2.64. The fourth-order valence-corrected chi connectivity index (χ4v) is 2.15. The van der Waals surface area contributed by atoms with Crippen LogP contribution in [0.2, 0.25) is 0 Å². The Morgan fingerprint density at radius 2 is 1.82 bits per heavy atom. The van der Waals surface area contributed by atoms with Gasteiger partial charge in [-0.25, -0.2) is 0 Å². The minimum atomic E-state index is 0.562. The fraction of sp³-hybridized carbons (Fsp3) is 0.600. The van der Waals surface area contributed by atoms with Crippen LogP contribution < -0.4 is 5.73 Å². The molecule has 0 radical (unpaired) electrons. The van der Waals surface area contributed by atoms with Gasteiger partial charge in [0.2, 0.25) is 0 Å². The highest BCUT2D eigenvalue weighted by Crippen LogP contribution is 2.18. The van der Waals surface area contributed by atoms with E-state index in [0.717, 1.165) is 19.6 Å². The SMILES string of the molecule is Cc1ccc(CN(C)CC(C)CN)c(C)c1C. The Kier molecular flexibility index (Phi) is 5.16. The van der Waals surface area contributed by atoms with E-state index >= 15 is 0 Å². The van der Waals surface area contributed by atoms with E-state index in [4.69, 9.17) is 5.73 Å². The number of benzene rings is 1. The molecule has 0 aliphatic rings. The molecule has 1 atom stereocenters. The molecule has 0 aromatic heterocycles. The largest absolute Gasteiger partial charge is 0.330 e. The van der Waals surface area contributed by atoms with Gasteiger partial charge in [0.05, 0.1) is 0 Å². The van der Waals surface area contributed by atoms with Crippen molar-refractivity contribution in [3.05, 3.63) is 34.4 Å². The van der Waals surface area contributed by atoms with Gasteiger partial charge in [0.25, 0.3) is 0 Å². The Hall–Kier alpha value is -0.860. The summed E-state index contributed by atoms with van der Waals surface area (Å²) in [5.41, 5.74) is 11.3. The standard InChI is InChI=1S/C15H26N2/c1-11(8-16)9-17(5)10-15-7-6-12(2)13(3)14(15)4/h6-7,11H,8-10,16H2,1-5H3. The average molecular weight is 234 g/mol. The summed E-state index contributed by atoms with van der Waals surface area (Å²) in [7, 11) is 2.17. The summed E-state index contributed by atoms with van der Waals surface area (Å²) in [6, 6.07) is 4.47. The Bertz CT molecular complexity index is 371. The highest BCUT2D eigenvalue weighted by atomic mass is 15.1. The molecular weight excluding hydrogens is 208 g/mol. The van der Waals surface area contributed by atoms with Crippen LogP contribution in [0.4, 0.5) is 0 Å². The summed E-state index contributed by atoms with van der Waals surface area (Å²) in [4.78, 5) is 2.36. The van der Waals surface area contributed by atoms with E-state index in [1.54, 1.807) is 0 Å². The van der Waals surface area contributed by atoms with Gasteiger partial charge in [0, 0.05) is 13.1 Å². The van der Waals surface area contributed by atoms with E-state index in [-0.39, 0.29) is 0 Å². The molecule has 2 heteroatoms. The van der Waals surface area contributed by atoms with Crippen molar-refractivity contribution in [1.82, 2.24) is 4.90 Å². The number of nitrogens with zero attached hydrogens (tertiary/aromatic N) is 1. The van der Waals surface area contributed by atoms with Crippen LogP contribution in [0.1, 0.15) is 29.2 Å². The molecule has 17 heavy (non-hydrogen) atoms. The maximum absolute atomic E-state index is 5.66. The van der Waals surface area contributed by atoms with Gasteiger partial charge in [-0.2, -0.15) is 0 Å². The Labute approximate surface area is 106 Å². The molecular formula is C15H26N2. The smallest absolute Gasteiger partial charge is 0.0233 e. The summed E-state index contributed by atoms with van der Waals surface area (Å²) in [5, 5.41) is 0. The molecule has 0 aliphatic heterocycles. The zero-order chi connectivity index (χ0) is 13.0. The third-order valence-electron chi connectivity index (χ3n) is 3.64. The zero-order valence-electron chi connectivity index (χ0n) is 11.9. The second-order valence-corrected chi connectivity index (χ2v) is 5.33. The molecule has 0 saturated carbocycles. The van der Waals surface area contributed by atoms with Crippen molar-refractivity contribution in [2.45, 2.75) is 34.2 Å². The maximum Gasteiger partial charge on any atom is 0.0233 e. The van der Waals surface area contributed by atoms with E-state index < -0.39 is 0 Å². The summed E-state index contributed by atoms with van der Waals surface area (Å²) < 4.78 is 0. The molecule has 0 saturated heterocycles. The van der Waals surface area contributed by atoms with Crippen molar-refractivity contribution in [3.63, 3.8) is 0 Å². The predicted molar refractivity (Wildman–Crippen MR) is 75.2 cm³/mol. The van der Waals surface area contributed by atoms with E-state index in [1.807, 2.05) is 0 Å². The van der Waals surface area contributed by atoms with Gasteiger partial charge in [-0.05, 0) is 62.5 Å². The summed E-state index contributed by atoms with van der Waals surface area (Å²) in [6.07, 6.45) is 0. The highest BCUT2D eigenvalue weighted by molar-refractivity contribution is 5.38. The number of nitrogens with two attached hydrogens (primary N) is 1. The molecule has 0 fully saturated rings. The van der Waals surface area contributed by atoms with Crippen molar-refractivity contribution in [1.29, 1.82) is 0 Å². The lowest BCUT2D eigenvalue weighted by Crippen LogP contribution is -2.28. The third-order valence-corrected chi connectivity index (χ3v) is 3.64. The van der Waals surface area contributed by atoms with Gasteiger partial charge in [-0.1, -0.05) is 19.1 Å². The van der Waals surface area contributed by atoms with E-state index in [2.05, 4.69) is 51.8 Å². The first-order valence-corrected chi connectivity index (χ1v) is 6.40. The Morgan fingerprint density at radius 3 is 2.41 bits per heavy atom. The zero-order valence-corrected chi connectivity index (χ0v) is 11.9. The minimum absolute atomic E-state index is 0.562. The van der Waals surface area contributed by atoms with E-state index in [9.17, 15) is 0 Å². The van der Waals surface area contributed by atoms with Gasteiger partial charge in [0.1, 0.15) is 0 Å².